The molecule has 0 aromatic carbocycles. The van der Waals surface area contributed by atoms with Gasteiger partial charge in [0.1, 0.15) is 0 Å². The highest BCUT2D eigenvalue weighted by Gasteiger charge is 2.34. The highest BCUT2D eigenvalue weighted by atomic mass is 16.5. The molecule has 0 radical (unpaired) electrons. The molecule has 2 N–H and O–H groups in total. The number of aliphatic hydroxyl groups excluding tert-OH is 1. The summed E-state index contributed by atoms with van der Waals surface area (Å²) >= 11 is 0. The van der Waals surface area contributed by atoms with E-state index in [1.807, 2.05) is 0 Å². The number of nitrogens with one attached hydrogen (secondary N) is 1. The Morgan fingerprint density at radius 3 is 2.86 bits per heavy atom. The molecule has 2 unspecified atom stereocenters. The van der Waals surface area contributed by atoms with Gasteiger partial charge in [0, 0.05) is 24.3 Å². The molecule has 0 amide bonds. The van der Waals surface area contributed by atoms with E-state index in [2.05, 4.69) is 17.2 Å². The Labute approximate surface area is 126 Å². The maximum absolute atomic E-state index is 9.83. The predicted octanol–water partition coefficient (Wildman–Crippen LogP) is 2.13. The molecule has 0 spiro atoms. The van der Waals surface area contributed by atoms with Crippen molar-refractivity contribution in [3.8, 4) is 11.5 Å². The summed E-state index contributed by atoms with van der Waals surface area (Å²) in [5, 5.41) is 13.3. The monoisotopic (exact) mass is 294 g/mol. The molecule has 2 atom stereocenters. The van der Waals surface area contributed by atoms with Crippen LogP contribution in [0.2, 0.25) is 0 Å². The Hall–Kier alpha value is -1.33. The highest BCUT2D eigenvalue weighted by molar-refractivity contribution is 5.42. The van der Waals surface area contributed by atoms with E-state index in [1.165, 1.54) is 6.42 Å². The molecule has 1 saturated carbocycles. The summed E-state index contributed by atoms with van der Waals surface area (Å²) in [5.41, 5.74) is 0.607. The lowest BCUT2D eigenvalue weighted by molar-refractivity contribution is 0.0976. The van der Waals surface area contributed by atoms with Gasteiger partial charge < -0.3 is 19.9 Å². The zero-order valence-corrected chi connectivity index (χ0v) is 13.2. The van der Waals surface area contributed by atoms with Crippen LogP contribution in [0.5, 0.6) is 11.5 Å². The van der Waals surface area contributed by atoms with Gasteiger partial charge in [-0.3, -0.25) is 4.98 Å². The summed E-state index contributed by atoms with van der Waals surface area (Å²) in [6.45, 7) is 2.97. The van der Waals surface area contributed by atoms with Crippen LogP contribution in [-0.2, 0) is 6.54 Å². The number of pyridine rings is 1. The van der Waals surface area contributed by atoms with Gasteiger partial charge in [-0.05, 0) is 18.8 Å². The number of hydrogen-bond donors (Lipinski definition) is 2. The molecule has 2 rings (SSSR count). The standard InChI is InChI=1S/C16H26N2O3/c1-12-5-4-7-16(9-12,11-19)18-10-13-15(21-3)14(20-2)6-8-17-13/h6,8,12,18-19H,4-5,7,9-11H2,1-3H3. The normalized spacial score (nSPS) is 25.6. The molecule has 0 bridgehead atoms. The van der Waals surface area contributed by atoms with Gasteiger partial charge in [0.2, 0.25) is 0 Å². The molecule has 1 aliphatic carbocycles. The van der Waals surface area contributed by atoms with Crippen LogP contribution in [0.1, 0.15) is 38.3 Å². The Morgan fingerprint density at radius 1 is 1.43 bits per heavy atom. The average Bonchev–Trinajstić information content (AvgIpc) is 2.52. The van der Waals surface area contributed by atoms with Gasteiger partial charge in [-0.15, -0.1) is 0 Å². The van der Waals surface area contributed by atoms with Crippen LogP contribution in [0.15, 0.2) is 12.3 Å². The summed E-state index contributed by atoms with van der Waals surface area (Å²) in [4.78, 5) is 4.38. The topological polar surface area (TPSA) is 63.6 Å². The van der Waals surface area contributed by atoms with Crippen molar-refractivity contribution in [3.63, 3.8) is 0 Å². The minimum atomic E-state index is -0.201. The number of methoxy groups -OCH3 is 2. The van der Waals surface area contributed by atoms with Crippen molar-refractivity contribution in [1.82, 2.24) is 10.3 Å². The second-order valence-electron chi connectivity index (χ2n) is 5.99. The number of nitrogens with zero attached hydrogens (tertiary/aromatic N) is 1. The molecule has 1 fully saturated rings. The molecule has 21 heavy (non-hydrogen) atoms. The number of aliphatic hydroxyl groups is 1. The lowest BCUT2D eigenvalue weighted by atomic mass is 9.77. The van der Waals surface area contributed by atoms with Crippen LogP contribution in [0.25, 0.3) is 0 Å². The van der Waals surface area contributed by atoms with Crippen molar-refractivity contribution in [3.05, 3.63) is 18.0 Å². The summed E-state index contributed by atoms with van der Waals surface area (Å²) in [6.07, 6.45) is 6.10. The number of aromatic nitrogens is 1. The van der Waals surface area contributed by atoms with Gasteiger partial charge in [0.25, 0.3) is 0 Å². The summed E-state index contributed by atoms with van der Waals surface area (Å²) in [7, 11) is 3.24. The van der Waals surface area contributed by atoms with Crippen LogP contribution in [-0.4, -0.2) is 36.5 Å². The van der Waals surface area contributed by atoms with E-state index in [9.17, 15) is 5.11 Å². The third-order valence-electron chi connectivity index (χ3n) is 4.39. The van der Waals surface area contributed by atoms with E-state index in [1.54, 1.807) is 26.5 Å². The second-order valence-corrected chi connectivity index (χ2v) is 5.99. The van der Waals surface area contributed by atoms with Crippen molar-refractivity contribution in [2.45, 2.75) is 44.7 Å². The Kier molecular flexibility index (Phi) is 5.42. The molecular weight excluding hydrogens is 268 g/mol. The lowest BCUT2D eigenvalue weighted by Crippen LogP contribution is -2.51. The molecule has 5 heteroatoms. The number of hydrogen-bond acceptors (Lipinski definition) is 5. The molecule has 1 aromatic heterocycles. The Bertz CT molecular complexity index is 467. The van der Waals surface area contributed by atoms with Gasteiger partial charge in [-0.1, -0.05) is 19.8 Å². The van der Waals surface area contributed by atoms with E-state index in [4.69, 9.17) is 9.47 Å². The molecular formula is C16H26N2O3. The molecule has 1 heterocycles. The molecule has 1 aliphatic rings. The first-order chi connectivity index (χ1) is 10.1. The van der Waals surface area contributed by atoms with Crippen LogP contribution in [0, 0.1) is 5.92 Å². The van der Waals surface area contributed by atoms with E-state index < -0.39 is 0 Å². The number of ether oxygens (including phenoxy) is 2. The fourth-order valence-corrected chi connectivity index (χ4v) is 3.27. The third kappa shape index (κ3) is 3.66. The summed E-state index contributed by atoms with van der Waals surface area (Å²) in [5.74, 6) is 1.97. The second kappa shape index (κ2) is 7.09. The van der Waals surface area contributed by atoms with Gasteiger partial charge in [0.05, 0.1) is 26.5 Å². The molecule has 0 aliphatic heterocycles. The molecule has 118 valence electrons. The maximum Gasteiger partial charge on any atom is 0.183 e. The van der Waals surface area contributed by atoms with Gasteiger partial charge in [-0.2, -0.15) is 0 Å². The zero-order valence-electron chi connectivity index (χ0n) is 13.2. The SMILES string of the molecule is COc1ccnc(CNC2(CO)CCCC(C)C2)c1OC. The Morgan fingerprint density at radius 2 is 2.24 bits per heavy atom. The fourth-order valence-electron chi connectivity index (χ4n) is 3.27. The first-order valence-corrected chi connectivity index (χ1v) is 7.56. The Balaban J connectivity index is 2.11. The van der Waals surface area contributed by atoms with E-state index in [0.29, 0.717) is 24.0 Å². The van der Waals surface area contributed by atoms with Gasteiger partial charge in [-0.25, -0.2) is 0 Å². The summed E-state index contributed by atoms with van der Waals surface area (Å²) in [6, 6.07) is 1.78. The first-order valence-electron chi connectivity index (χ1n) is 7.56. The summed E-state index contributed by atoms with van der Waals surface area (Å²) < 4.78 is 10.7. The zero-order chi connectivity index (χ0) is 15.3. The van der Waals surface area contributed by atoms with Crippen LogP contribution in [0.3, 0.4) is 0 Å². The minimum absolute atomic E-state index is 0.156. The molecule has 1 aromatic rings. The average molecular weight is 294 g/mol. The lowest BCUT2D eigenvalue weighted by Gasteiger charge is -2.39. The largest absolute Gasteiger partial charge is 0.493 e. The highest BCUT2D eigenvalue weighted by Crippen LogP contribution is 2.33. The maximum atomic E-state index is 9.83. The van der Waals surface area contributed by atoms with Crippen molar-refractivity contribution in [2.75, 3.05) is 20.8 Å². The van der Waals surface area contributed by atoms with Crippen molar-refractivity contribution < 1.29 is 14.6 Å². The van der Waals surface area contributed by atoms with E-state index in [-0.39, 0.29) is 12.1 Å². The van der Waals surface area contributed by atoms with Crippen molar-refractivity contribution in [1.29, 1.82) is 0 Å². The number of rotatable bonds is 6. The van der Waals surface area contributed by atoms with Crippen molar-refractivity contribution in [2.24, 2.45) is 5.92 Å². The smallest absolute Gasteiger partial charge is 0.183 e. The van der Waals surface area contributed by atoms with E-state index >= 15 is 0 Å². The van der Waals surface area contributed by atoms with Gasteiger partial charge >= 0.3 is 0 Å². The minimum Gasteiger partial charge on any atom is -0.493 e. The molecule has 0 saturated heterocycles. The third-order valence-corrected chi connectivity index (χ3v) is 4.39. The molecule has 5 nitrogen and oxygen atoms in total. The van der Waals surface area contributed by atoms with Crippen LogP contribution < -0.4 is 14.8 Å². The predicted molar refractivity (Wildman–Crippen MR) is 81.6 cm³/mol. The quantitative estimate of drug-likeness (QED) is 0.841. The fraction of sp³-hybridized carbons (Fsp3) is 0.688. The van der Waals surface area contributed by atoms with Crippen LogP contribution in [0.4, 0.5) is 0 Å². The van der Waals surface area contributed by atoms with Crippen molar-refractivity contribution >= 4 is 0 Å². The van der Waals surface area contributed by atoms with Gasteiger partial charge in [0.15, 0.2) is 11.5 Å². The van der Waals surface area contributed by atoms with E-state index in [0.717, 1.165) is 25.0 Å². The first kappa shape index (κ1) is 16.0. The van der Waals surface area contributed by atoms with Crippen LogP contribution >= 0.6 is 0 Å².